The van der Waals surface area contributed by atoms with Gasteiger partial charge >= 0.3 is 0 Å². The number of rotatable bonds is 5. The molecule has 0 amide bonds. The first-order valence-electron chi connectivity index (χ1n) is 12.0. The largest absolute Gasteiger partial charge is 0.390 e. The van der Waals surface area contributed by atoms with Gasteiger partial charge in [0, 0.05) is 42.6 Å². The summed E-state index contributed by atoms with van der Waals surface area (Å²) in [7, 11) is 0. The number of aliphatic hydroxyl groups excluding tert-OH is 2. The molecule has 2 atom stereocenters. The second-order valence-electron chi connectivity index (χ2n) is 9.23. The molecular formula is C26H24N8O2. The number of piperidine rings is 1. The molecule has 10 heteroatoms. The van der Waals surface area contributed by atoms with Gasteiger partial charge in [0.25, 0.3) is 0 Å². The Kier molecular flexibility index (Phi) is 5.64. The molecule has 1 saturated carbocycles. The van der Waals surface area contributed by atoms with Crippen LogP contribution in [0.4, 0.5) is 17.5 Å². The summed E-state index contributed by atoms with van der Waals surface area (Å²) in [6.07, 6.45) is 8.00. The van der Waals surface area contributed by atoms with Gasteiger partial charge < -0.3 is 20.4 Å². The van der Waals surface area contributed by atoms with Gasteiger partial charge in [0.05, 0.1) is 35.6 Å². The number of nitrogens with zero attached hydrogens (tertiary/aromatic N) is 7. The van der Waals surface area contributed by atoms with E-state index in [-0.39, 0.29) is 0 Å². The van der Waals surface area contributed by atoms with Crippen molar-refractivity contribution >= 4 is 28.4 Å². The van der Waals surface area contributed by atoms with Gasteiger partial charge in [-0.15, -0.1) is 0 Å². The first-order valence-corrected chi connectivity index (χ1v) is 12.0. The van der Waals surface area contributed by atoms with Crippen molar-refractivity contribution in [2.24, 2.45) is 0 Å². The molecule has 0 bridgehead atoms. The highest BCUT2D eigenvalue weighted by molar-refractivity contribution is 5.94. The zero-order valence-electron chi connectivity index (χ0n) is 19.4. The molecule has 1 aliphatic carbocycles. The molecular weight excluding hydrogens is 456 g/mol. The van der Waals surface area contributed by atoms with E-state index >= 15 is 0 Å². The highest BCUT2D eigenvalue weighted by Gasteiger charge is 2.32. The third kappa shape index (κ3) is 4.30. The smallest absolute Gasteiger partial charge is 0.162 e. The third-order valence-electron chi connectivity index (χ3n) is 6.64. The summed E-state index contributed by atoms with van der Waals surface area (Å²) in [5.41, 5.74) is 3.13. The van der Waals surface area contributed by atoms with E-state index < -0.39 is 12.2 Å². The van der Waals surface area contributed by atoms with E-state index in [0.29, 0.717) is 48.5 Å². The highest BCUT2D eigenvalue weighted by Crippen LogP contribution is 2.45. The maximum atomic E-state index is 10.4. The molecule has 3 N–H and O–H groups in total. The van der Waals surface area contributed by atoms with E-state index in [0.717, 1.165) is 40.7 Å². The molecule has 1 aliphatic heterocycles. The fraction of sp³-hybridized carbons (Fsp3) is 0.308. The van der Waals surface area contributed by atoms with E-state index in [9.17, 15) is 10.2 Å². The second kappa shape index (κ2) is 9.11. The molecule has 0 unspecified atom stereocenters. The van der Waals surface area contributed by atoms with Crippen LogP contribution in [-0.4, -0.2) is 60.4 Å². The molecule has 2 aliphatic rings. The predicted octanol–water partition coefficient (Wildman–Crippen LogP) is 2.91. The molecule has 0 radical (unpaired) electrons. The predicted molar refractivity (Wildman–Crippen MR) is 134 cm³/mol. The first-order chi connectivity index (χ1) is 17.6. The Hall–Kier alpha value is -4.20. The molecule has 0 aromatic carbocycles. The quantitative estimate of drug-likeness (QED) is 0.390. The number of hydrogen-bond acceptors (Lipinski definition) is 10. The number of nitrogens with one attached hydrogen (secondary N) is 1. The van der Waals surface area contributed by atoms with E-state index in [4.69, 9.17) is 15.2 Å². The van der Waals surface area contributed by atoms with Gasteiger partial charge in [-0.3, -0.25) is 4.98 Å². The Balaban J connectivity index is 1.42. The first kappa shape index (κ1) is 22.3. The number of nitriles is 1. The normalized spacial score (nSPS) is 19.8. The van der Waals surface area contributed by atoms with Crippen LogP contribution in [0.5, 0.6) is 0 Å². The molecule has 5 heterocycles. The molecule has 4 aromatic heterocycles. The van der Waals surface area contributed by atoms with Crippen LogP contribution in [0, 0.1) is 11.3 Å². The minimum atomic E-state index is -0.841. The van der Waals surface area contributed by atoms with Crippen molar-refractivity contribution < 1.29 is 10.2 Å². The van der Waals surface area contributed by atoms with Crippen LogP contribution >= 0.6 is 0 Å². The van der Waals surface area contributed by atoms with Gasteiger partial charge in [-0.2, -0.15) is 5.26 Å². The van der Waals surface area contributed by atoms with Crippen molar-refractivity contribution in [3.05, 3.63) is 60.2 Å². The Bertz CT molecular complexity index is 1480. The highest BCUT2D eigenvalue weighted by atomic mass is 16.3. The molecule has 1 saturated heterocycles. The summed E-state index contributed by atoms with van der Waals surface area (Å²) in [6.45, 7) is 0.878. The lowest BCUT2D eigenvalue weighted by Crippen LogP contribution is -2.47. The molecule has 4 aromatic rings. The summed E-state index contributed by atoms with van der Waals surface area (Å²) >= 11 is 0. The fourth-order valence-electron chi connectivity index (χ4n) is 4.60. The molecule has 36 heavy (non-hydrogen) atoms. The zero-order chi connectivity index (χ0) is 24.6. The Morgan fingerprint density at radius 1 is 0.972 bits per heavy atom. The van der Waals surface area contributed by atoms with E-state index in [2.05, 4.69) is 26.3 Å². The molecule has 180 valence electrons. The lowest BCUT2D eigenvalue weighted by Gasteiger charge is -2.35. The van der Waals surface area contributed by atoms with Crippen molar-refractivity contribution in [3.8, 4) is 17.5 Å². The number of β-amino-alcohol motifs (C(OH)–C–C–N with tert-alkyl or cyclic N) is 1. The summed E-state index contributed by atoms with van der Waals surface area (Å²) in [4.78, 5) is 25.0. The van der Waals surface area contributed by atoms with Crippen LogP contribution in [-0.2, 0) is 0 Å². The van der Waals surface area contributed by atoms with Crippen molar-refractivity contribution in [1.82, 2.24) is 24.9 Å². The lowest BCUT2D eigenvalue weighted by molar-refractivity contribution is 0.00792. The van der Waals surface area contributed by atoms with Gasteiger partial charge in [0.2, 0.25) is 0 Å². The van der Waals surface area contributed by atoms with Gasteiger partial charge in [-0.1, -0.05) is 0 Å². The monoisotopic (exact) mass is 480 g/mol. The minimum absolute atomic E-state index is 0.295. The molecule has 2 fully saturated rings. The van der Waals surface area contributed by atoms with Crippen LogP contribution < -0.4 is 10.2 Å². The standard InChI is InChI=1S/C26H24N8O2/c27-11-15-3-6-29-22(9-15)32-23-10-17(4-7-30-23)25-31-19-13-28-12-18(16-1-2-16)24(19)26(33-25)34-8-5-20(35)21(36)14-34/h3-4,6-7,9-10,12-13,16,20-21,35-36H,1-2,5,8,14H2,(H,29,30,32)/t20-,21+/m0/s1. The Labute approximate surface area is 207 Å². The maximum absolute atomic E-state index is 10.4. The van der Waals surface area contributed by atoms with Crippen molar-refractivity contribution in [2.45, 2.75) is 37.4 Å². The number of aliphatic hydroxyl groups is 2. The van der Waals surface area contributed by atoms with Crippen molar-refractivity contribution in [2.75, 3.05) is 23.3 Å². The maximum Gasteiger partial charge on any atom is 0.162 e. The zero-order valence-corrected chi connectivity index (χ0v) is 19.4. The Morgan fingerprint density at radius 3 is 2.56 bits per heavy atom. The SMILES string of the molecule is N#Cc1ccnc(Nc2cc(-c3nc(N4CC[C@H](O)[C@H](O)C4)c4c(C5CC5)cncc4n3)ccn2)c1. The van der Waals surface area contributed by atoms with E-state index in [1.165, 1.54) is 0 Å². The van der Waals surface area contributed by atoms with Gasteiger partial charge in [-0.05, 0) is 55.0 Å². The molecule has 6 rings (SSSR count). The van der Waals surface area contributed by atoms with Crippen LogP contribution in [0.2, 0.25) is 0 Å². The second-order valence-corrected chi connectivity index (χ2v) is 9.23. The number of hydrogen-bond donors (Lipinski definition) is 3. The van der Waals surface area contributed by atoms with Gasteiger partial charge in [0.15, 0.2) is 5.82 Å². The third-order valence-corrected chi connectivity index (χ3v) is 6.64. The number of fused-ring (bicyclic) bond motifs is 1. The topological polar surface area (TPSA) is 144 Å². The van der Waals surface area contributed by atoms with Crippen LogP contribution in [0.3, 0.4) is 0 Å². The van der Waals surface area contributed by atoms with Crippen LogP contribution in [0.15, 0.2) is 49.1 Å². The summed E-state index contributed by atoms with van der Waals surface area (Å²) in [6, 6.07) is 9.06. The average molecular weight is 481 g/mol. The number of anilines is 3. The van der Waals surface area contributed by atoms with E-state index in [1.807, 2.05) is 23.2 Å². The molecule has 0 spiro atoms. The van der Waals surface area contributed by atoms with Gasteiger partial charge in [0.1, 0.15) is 17.5 Å². The lowest BCUT2D eigenvalue weighted by atomic mass is 10.0. The average Bonchev–Trinajstić information content (AvgIpc) is 3.75. The minimum Gasteiger partial charge on any atom is -0.390 e. The molecule has 10 nitrogen and oxygen atoms in total. The fourth-order valence-corrected chi connectivity index (χ4v) is 4.60. The van der Waals surface area contributed by atoms with Crippen LogP contribution in [0.1, 0.15) is 36.3 Å². The van der Waals surface area contributed by atoms with Crippen molar-refractivity contribution in [1.29, 1.82) is 5.26 Å². The van der Waals surface area contributed by atoms with Gasteiger partial charge in [-0.25, -0.2) is 19.9 Å². The number of pyridine rings is 3. The number of aromatic nitrogens is 5. The van der Waals surface area contributed by atoms with E-state index in [1.54, 1.807) is 30.7 Å². The summed E-state index contributed by atoms with van der Waals surface area (Å²) in [5, 5.41) is 33.7. The summed E-state index contributed by atoms with van der Waals surface area (Å²) in [5.74, 6) is 2.76. The Morgan fingerprint density at radius 2 is 1.78 bits per heavy atom. The summed E-state index contributed by atoms with van der Waals surface area (Å²) < 4.78 is 0. The van der Waals surface area contributed by atoms with Crippen LogP contribution in [0.25, 0.3) is 22.3 Å². The van der Waals surface area contributed by atoms with Crippen molar-refractivity contribution in [3.63, 3.8) is 0 Å².